The SMILES string of the molecule is Cc1cccc(C(=O)Nc2nc3c(s2)CN(S(=O)(=O)C(C)C)CC3)c1. The van der Waals surface area contributed by atoms with Crippen LogP contribution >= 0.6 is 11.3 Å². The third kappa shape index (κ3) is 3.75. The number of fused-ring (bicyclic) bond motifs is 1. The van der Waals surface area contributed by atoms with Crippen LogP contribution in [0.1, 0.15) is 40.3 Å². The quantitative estimate of drug-likeness (QED) is 0.886. The van der Waals surface area contributed by atoms with Crippen LogP contribution in [0.15, 0.2) is 24.3 Å². The number of benzene rings is 1. The molecule has 0 fully saturated rings. The summed E-state index contributed by atoms with van der Waals surface area (Å²) in [7, 11) is -3.28. The van der Waals surface area contributed by atoms with Gasteiger partial charge in [-0.15, -0.1) is 11.3 Å². The lowest BCUT2D eigenvalue weighted by Crippen LogP contribution is -2.39. The molecule has 8 heteroatoms. The van der Waals surface area contributed by atoms with E-state index in [1.807, 2.05) is 25.1 Å². The Hall–Kier alpha value is -1.77. The molecule has 0 unspecified atom stereocenters. The lowest BCUT2D eigenvalue weighted by molar-refractivity contribution is 0.102. The second kappa shape index (κ2) is 6.86. The first-order valence-electron chi connectivity index (χ1n) is 8.13. The highest BCUT2D eigenvalue weighted by Crippen LogP contribution is 2.30. The summed E-state index contributed by atoms with van der Waals surface area (Å²) < 4.78 is 26.2. The van der Waals surface area contributed by atoms with Crippen molar-refractivity contribution in [2.24, 2.45) is 0 Å². The number of carbonyl (C=O) groups excluding carboxylic acids is 1. The molecule has 1 aliphatic rings. The van der Waals surface area contributed by atoms with E-state index in [2.05, 4.69) is 10.3 Å². The first-order valence-corrected chi connectivity index (χ1v) is 10.4. The normalized spacial score (nSPS) is 15.2. The van der Waals surface area contributed by atoms with Crippen molar-refractivity contribution < 1.29 is 13.2 Å². The molecule has 1 aromatic carbocycles. The fourth-order valence-electron chi connectivity index (χ4n) is 2.70. The van der Waals surface area contributed by atoms with Crippen LogP contribution in [0.5, 0.6) is 0 Å². The Morgan fingerprint density at radius 1 is 1.36 bits per heavy atom. The number of hydrogen-bond donors (Lipinski definition) is 1. The molecule has 2 aromatic rings. The first-order chi connectivity index (χ1) is 11.8. The Morgan fingerprint density at radius 2 is 2.12 bits per heavy atom. The second-order valence-electron chi connectivity index (χ2n) is 6.39. The van der Waals surface area contributed by atoms with Crippen LogP contribution in [0.3, 0.4) is 0 Å². The highest BCUT2D eigenvalue weighted by atomic mass is 32.2. The zero-order chi connectivity index (χ0) is 18.2. The van der Waals surface area contributed by atoms with Gasteiger partial charge in [0.05, 0.1) is 10.9 Å². The predicted octanol–water partition coefficient (Wildman–Crippen LogP) is 2.80. The Kier molecular flexibility index (Phi) is 4.95. The number of rotatable bonds is 4. The summed E-state index contributed by atoms with van der Waals surface area (Å²) in [6.45, 7) is 6.06. The highest BCUT2D eigenvalue weighted by molar-refractivity contribution is 7.89. The summed E-state index contributed by atoms with van der Waals surface area (Å²) >= 11 is 1.34. The van der Waals surface area contributed by atoms with Gasteiger partial charge in [-0.1, -0.05) is 17.7 Å². The van der Waals surface area contributed by atoms with Gasteiger partial charge in [0.1, 0.15) is 0 Å². The number of sulfonamides is 1. The number of nitrogens with one attached hydrogen (secondary N) is 1. The molecule has 0 saturated carbocycles. The van der Waals surface area contributed by atoms with Gasteiger partial charge in [0.15, 0.2) is 5.13 Å². The maximum Gasteiger partial charge on any atom is 0.257 e. The Morgan fingerprint density at radius 3 is 2.80 bits per heavy atom. The van der Waals surface area contributed by atoms with Crippen LogP contribution in [0.4, 0.5) is 5.13 Å². The minimum Gasteiger partial charge on any atom is -0.298 e. The smallest absolute Gasteiger partial charge is 0.257 e. The number of hydrogen-bond acceptors (Lipinski definition) is 5. The van der Waals surface area contributed by atoms with Crippen LogP contribution in [0, 0.1) is 6.92 Å². The molecule has 0 spiro atoms. The van der Waals surface area contributed by atoms with Gasteiger partial charge in [0.2, 0.25) is 10.0 Å². The van der Waals surface area contributed by atoms with Crippen molar-refractivity contribution >= 4 is 32.4 Å². The van der Waals surface area contributed by atoms with Gasteiger partial charge >= 0.3 is 0 Å². The first kappa shape index (κ1) is 18.0. The maximum atomic E-state index is 12.3. The van der Waals surface area contributed by atoms with Crippen LogP contribution in [0.25, 0.3) is 0 Å². The van der Waals surface area contributed by atoms with E-state index in [1.165, 1.54) is 15.6 Å². The van der Waals surface area contributed by atoms with E-state index in [0.717, 1.165) is 16.1 Å². The Balaban J connectivity index is 1.76. The largest absolute Gasteiger partial charge is 0.298 e. The van der Waals surface area contributed by atoms with Gasteiger partial charge in [0, 0.05) is 30.0 Å². The summed E-state index contributed by atoms with van der Waals surface area (Å²) in [6.07, 6.45) is 0.568. The highest BCUT2D eigenvalue weighted by Gasteiger charge is 2.31. The van der Waals surface area contributed by atoms with E-state index < -0.39 is 15.3 Å². The topological polar surface area (TPSA) is 79.4 Å². The van der Waals surface area contributed by atoms with E-state index in [4.69, 9.17) is 0 Å². The third-order valence-electron chi connectivity index (χ3n) is 4.15. The van der Waals surface area contributed by atoms with Gasteiger partial charge in [-0.2, -0.15) is 4.31 Å². The standard InChI is InChI=1S/C17H21N3O3S2/c1-11(2)25(22,23)20-8-7-14-15(10-20)24-17(18-14)19-16(21)13-6-4-5-12(3)9-13/h4-6,9,11H,7-8,10H2,1-3H3,(H,18,19,21). The van der Waals surface area contributed by atoms with E-state index >= 15 is 0 Å². The van der Waals surface area contributed by atoms with Gasteiger partial charge in [-0.05, 0) is 32.9 Å². The van der Waals surface area contributed by atoms with Crippen LogP contribution in [-0.2, 0) is 23.0 Å². The number of anilines is 1. The zero-order valence-corrected chi connectivity index (χ0v) is 16.1. The lowest BCUT2D eigenvalue weighted by atomic mass is 10.1. The second-order valence-corrected chi connectivity index (χ2v) is 9.96. The average molecular weight is 380 g/mol. The summed E-state index contributed by atoms with van der Waals surface area (Å²) in [5, 5.41) is 2.89. The van der Waals surface area contributed by atoms with Crippen molar-refractivity contribution in [3.05, 3.63) is 46.0 Å². The van der Waals surface area contributed by atoms with Gasteiger partial charge in [-0.3, -0.25) is 10.1 Å². The monoisotopic (exact) mass is 379 g/mol. The third-order valence-corrected chi connectivity index (χ3v) is 7.37. The number of aryl methyl sites for hydroxylation is 1. The number of aromatic nitrogens is 1. The molecule has 0 radical (unpaired) electrons. The van der Waals surface area contributed by atoms with E-state index in [9.17, 15) is 13.2 Å². The van der Waals surface area contributed by atoms with Crippen LogP contribution < -0.4 is 5.32 Å². The molecule has 134 valence electrons. The molecular formula is C17H21N3O3S2. The molecule has 3 rings (SSSR count). The average Bonchev–Trinajstić information content (AvgIpc) is 2.95. The Bertz CT molecular complexity index is 904. The van der Waals surface area contributed by atoms with Crippen molar-refractivity contribution in [2.75, 3.05) is 11.9 Å². The fraction of sp³-hybridized carbons (Fsp3) is 0.412. The minimum absolute atomic E-state index is 0.207. The number of nitrogens with zero attached hydrogens (tertiary/aromatic N) is 2. The summed E-state index contributed by atoms with van der Waals surface area (Å²) in [4.78, 5) is 17.7. The Labute approximate surface area is 151 Å². The number of carbonyl (C=O) groups is 1. The van der Waals surface area contributed by atoms with Gasteiger partial charge in [0.25, 0.3) is 5.91 Å². The molecule has 25 heavy (non-hydrogen) atoms. The van der Waals surface area contributed by atoms with Crippen molar-refractivity contribution in [1.29, 1.82) is 0 Å². The number of amides is 1. The minimum atomic E-state index is -3.28. The van der Waals surface area contributed by atoms with E-state index in [-0.39, 0.29) is 5.91 Å². The molecule has 1 N–H and O–H groups in total. The molecular weight excluding hydrogens is 358 g/mol. The van der Waals surface area contributed by atoms with E-state index in [1.54, 1.807) is 19.9 Å². The zero-order valence-electron chi connectivity index (χ0n) is 14.4. The molecule has 0 bridgehead atoms. The van der Waals surface area contributed by atoms with Crippen molar-refractivity contribution in [2.45, 2.75) is 39.0 Å². The molecule has 1 aromatic heterocycles. The van der Waals surface area contributed by atoms with E-state index in [0.29, 0.717) is 30.2 Å². The number of thiazole rings is 1. The van der Waals surface area contributed by atoms with Crippen LogP contribution in [-0.4, -0.2) is 35.4 Å². The summed E-state index contributed by atoms with van der Waals surface area (Å²) in [6, 6.07) is 7.35. The molecule has 6 nitrogen and oxygen atoms in total. The van der Waals surface area contributed by atoms with Crippen LogP contribution in [0.2, 0.25) is 0 Å². The molecule has 0 saturated heterocycles. The van der Waals surface area contributed by atoms with Crippen molar-refractivity contribution in [3.8, 4) is 0 Å². The predicted molar refractivity (Wildman–Crippen MR) is 99.4 cm³/mol. The van der Waals surface area contributed by atoms with Gasteiger partial charge < -0.3 is 0 Å². The summed E-state index contributed by atoms with van der Waals surface area (Å²) in [5.74, 6) is -0.207. The molecule has 1 amide bonds. The fourth-order valence-corrected chi connectivity index (χ4v) is 5.05. The molecule has 0 aliphatic carbocycles. The van der Waals surface area contributed by atoms with Crippen molar-refractivity contribution in [3.63, 3.8) is 0 Å². The molecule has 0 atom stereocenters. The maximum absolute atomic E-state index is 12.3. The molecule has 1 aliphatic heterocycles. The molecule has 2 heterocycles. The summed E-state index contributed by atoms with van der Waals surface area (Å²) in [5.41, 5.74) is 2.47. The lowest BCUT2D eigenvalue weighted by Gasteiger charge is -2.26. The van der Waals surface area contributed by atoms with Crippen molar-refractivity contribution in [1.82, 2.24) is 9.29 Å². The van der Waals surface area contributed by atoms with Gasteiger partial charge in [-0.25, -0.2) is 13.4 Å².